The van der Waals surface area contributed by atoms with Crippen LogP contribution in [0.25, 0.3) is 0 Å². The summed E-state index contributed by atoms with van der Waals surface area (Å²) in [5.41, 5.74) is 2.48. The minimum absolute atomic E-state index is 0.00854. The van der Waals surface area contributed by atoms with Gasteiger partial charge < -0.3 is 23.7 Å². The first-order valence-electron chi connectivity index (χ1n) is 15.9. The third-order valence-electron chi connectivity index (χ3n) is 7.67. The summed E-state index contributed by atoms with van der Waals surface area (Å²) >= 11 is 0. The van der Waals surface area contributed by atoms with E-state index < -0.39 is 0 Å². The van der Waals surface area contributed by atoms with Gasteiger partial charge in [0, 0.05) is 31.3 Å². The van der Waals surface area contributed by atoms with E-state index in [0.29, 0.717) is 17.2 Å². The molecule has 2 aromatic carbocycles. The number of carbonyl (C=O) groups is 1. The number of benzene rings is 2. The molecule has 1 aliphatic rings. The van der Waals surface area contributed by atoms with Crippen molar-refractivity contribution < 1.29 is 28.5 Å². The molecule has 6 nitrogen and oxygen atoms in total. The molecule has 0 aromatic heterocycles. The molecule has 1 heterocycles. The number of ether oxygens (including phenoxy) is 5. The van der Waals surface area contributed by atoms with Crippen LogP contribution >= 0.6 is 0 Å². The fourth-order valence-electron chi connectivity index (χ4n) is 5.03. The standard InChI is InChI=1S/C35H52O6/c1-4-6-7-8-9-12-15-29-26-39-35(40-27-29)32-18-16-31(17-19-32)34(36)41-33-22-20-30(21-23-33)28(3)38-25-14-11-10-13-24-37-5-2/h16-23,28-29,35H,4-15,24-27H2,1-3H3. The zero-order valence-electron chi connectivity index (χ0n) is 25.6. The first-order valence-corrected chi connectivity index (χ1v) is 15.9. The highest BCUT2D eigenvalue weighted by molar-refractivity contribution is 5.91. The van der Waals surface area contributed by atoms with Crippen LogP contribution in [-0.4, -0.2) is 39.0 Å². The topological polar surface area (TPSA) is 63.2 Å². The second-order valence-corrected chi connectivity index (χ2v) is 11.1. The highest BCUT2D eigenvalue weighted by Crippen LogP contribution is 2.28. The van der Waals surface area contributed by atoms with Crippen molar-refractivity contribution in [2.45, 2.75) is 104 Å². The Bertz CT molecular complexity index is 950. The lowest BCUT2D eigenvalue weighted by Crippen LogP contribution is -2.27. The number of hydrogen-bond donors (Lipinski definition) is 0. The van der Waals surface area contributed by atoms with Crippen LogP contribution in [-0.2, 0) is 18.9 Å². The molecule has 1 fully saturated rings. The van der Waals surface area contributed by atoms with Gasteiger partial charge in [-0.15, -0.1) is 0 Å². The zero-order valence-corrected chi connectivity index (χ0v) is 25.6. The number of rotatable bonds is 20. The Labute approximate surface area is 248 Å². The molecule has 0 saturated carbocycles. The Morgan fingerprint density at radius 2 is 1.44 bits per heavy atom. The zero-order chi connectivity index (χ0) is 29.1. The van der Waals surface area contributed by atoms with Gasteiger partial charge in [0.2, 0.25) is 0 Å². The fraction of sp³-hybridized carbons (Fsp3) is 0.629. The van der Waals surface area contributed by atoms with Gasteiger partial charge in [-0.1, -0.05) is 82.6 Å². The minimum Gasteiger partial charge on any atom is -0.423 e. The summed E-state index contributed by atoms with van der Waals surface area (Å²) in [5, 5.41) is 0. The molecule has 1 atom stereocenters. The summed E-state index contributed by atoms with van der Waals surface area (Å²) in [4.78, 5) is 12.7. The van der Waals surface area contributed by atoms with Crippen molar-refractivity contribution in [2.75, 3.05) is 33.0 Å². The molecule has 0 radical (unpaired) electrons. The van der Waals surface area contributed by atoms with E-state index >= 15 is 0 Å². The number of hydrogen-bond acceptors (Lipinski definition) is 6. The van der Waals surface area contributed by atoms with Crippen LogP contribution in [0, 0.1) is 5.92 Å². The van der Waals surface area contributed by atoms with E-state index in [1.165, 1.54) is 44.9 Å². The Morgan fingerprint density at radius 1 is 0.805 bits per heavy atom. The molecule has 0 amide bonds. The number of unbranched alkanes of at least 4 members (excludes halogenated alkanes) is 8. The first kappa shape index (κ1) is 33.3. The van der Waals surface area contributed by atoms with Crippen LogP contribution in [0.1, 0.15) is 125 Å². The molecule has 1 aliphatic heterocycles. The van der Waals surface area contributed by atoms with Crippen molar-refractivity contribution in [1.29, 1.82) is 0 Å². The molecule has 228 valence electrons. The lowest BCUT2D eigenvalue weighted by atomic mass is 10.0. The van der Waals surface area contributed by atoms with E-state index in [0.717, 1.165) is 69.8 Å². The Hall–Kier alpha value is -2.25. The largest absolute Gasteiger partial charge is 0.423 e. The predicted molar refractivity (Wildman–Crippen MR) is 163 cm³/mol. The van der Waals surface area contributed by atoms with E-state index in [2.05, 4.69) is 6.92 Å². The van der Waals surface area contributed by atoms with Crippen LogP contribution in [0.15, 0.2) is 48.5 Å². The smallest absolute Gasteiger partial charge is 0.343 e. The highest BCUT2D eigenvalue weighted by Gasteiger charge is 2.23. The first-order chi connectivity index (χ1) is 20.1. The maximum atomic E-state index is 12.7. The molecule has 0 N–H and O–H groups in total. The Morgan fingerprint density at radius 3 is 2.12 bits per heavy atom. The predicted octanol–water partition coefficient (Wildman–Crippen LogP) is 8.99. The average molecular weight is 569 g/mol. The molecule has 0 bridgehead atoms. The Balaban J connectivity index is 1.34. The quantitative estimate of drug-likeness (QED) is 0.0902. The van der Waals surface area contributed by atoms with Crippen molar-refractivity contribution in [3.8, 4) is 5.75 Å². The van der Waals surface area contributed by atoms with Crippen molar-refractivity contribution in [2.24, 2.45) is 5.92 Å². The lowest BCUT2D eigenvalue weighted by molar-refractivity contribution is -0.206. The van der Waals surface area contributed by atoms with E-state index in [9.17, 15) is 4.79 Å². The molecule has 6 heteroatoms. The van der Waals surface area contributed by atoms with Crippen molar-refractivity contribution in [3.05, 3.63) is 65.2 Å². The molecule has 3 rings (SSSR count). The molecule has 41 heavy (non-hydrogen) atoms. The van der Waals surface area contributed by atoms with Gasteiger partial charge in [-0.2, -0.15) is 0 Å². The van der Waals surface area contributed by atoms with Gasteiger partial charge in [-0.3, -0.25) is 0 Å². The third-order valence-corrected chi connectivity index (χ3v) is 7.67. The van der Waals surface area contributed by atoms with Gasteiger partial charge >= 0.3 is 5.97 Å². The molecular formula is C35H52O6. The SMILES string of the molecule is CCCCCCCCC1COC(c2ccc(C(=O)Oc3ccc(C(C)OCCCCCCOCC)cc3)cc2)OC1. The maximum Gasteiger partial charge on any atom is 0.343 e. The van der Waals surface area contributed by atoms with Gasteiger partial charge in [0.05, 0.1) is 24.9 Å². The second kappa shape index (κ2) is 19.8. The van der Waals surface area contributed by atoms with Gasteiger partial charge in [-0.05, 0) is 62.9 Å². The number of esters is 1. The summed E-state index contributed by atoms with van der Waals surface area (Å²) in [5.74, 6) is 0.593. The molecule has 0 aliphatic carbocycles. The van der Waals surface area contributed by atoms with Gasteiger partial charge in [-0.25, -0.2) is 4.79 Å². The summed E-state index contributed by atoms with van der Waals surface area (Å²) in [6.07, 6.45) is 13.1. The highest BCUT2D eigenvalue weighted by atomic mass is 16.7. The van der Waals surface area contributed by atoms with E-state index in [4.69, 9.17) is 23.7 Å². The number of carbonyl (C=O) groups excluding carboxylic acids is 1. The minimum atomic E-state index is -0.387. The van der Waals surface area contributed by atoms with Gasteiger partial charge in [0.1, 0.15) is 5.75 Å². The molecule has 2 aromatic rings. The monoisotopic (exact) mass is 568 g/mol. The van der Waals surface area contributed by atoms with Crippen LogP contribution in [0.5, 0.6) is 5.75 Å². The van der Waals surface area contributed by atoms with Crippen LogP contribution in [0.2, 0.25) is 0 Å². The molecule has 0 spiro atoms. The lowest BCUT2D eigenvalue weighted by Gasteiger charge is -2.29. The van der Waals surface area contributed by atoms with Crippen molar-refractivity contribution in [1.82, 2.24) is 0 Å². The molecule has 1 saturated heterocycles. The van der Waals surface area contributed by atoms with Crippen molar-refractivity contribution in [3.63, 3.8) is 0 Å². The third kappa shape index (κ3) is 12.7. The molecular weight excluding hydrogens is 516 g/mol. The maximum absolute atomic E-state index is 12.7. The second-order valence-electron chi connectivity index (χ2n) is 11.1. The normalized spacial score (nSPS) is 17.8. The van der Waals surface area contributed by atoms with E-state index in [1.54, 1.807) is 12.1 Å². The van der Waals surface area contributed by atoms with Crippen LogP contribution in [0.3, 0.4) is 0 Å². The molecule has 1 unspecified atom stereocenters. The van der Waals surface area contributed by atoms with Gasteiger partial charge in [0.15, 0.2) is 6.29 Å². The summed E-state index contributed by atoms with van der Waals surface area (Å²) < 4.78 is 29.0. The van der Waals surface area contributed by atoms with Gasteiger partial charge in [0.25, 0.3) is 0 Å². The summed E-state index contributed by atoms with van der Waals surface area (Å²) in [6.45, 7) is 10.1. The van der Waals surface area contributed by atoms with Crippen LogP contribution < -0.4 is 4.74 Å². The summed E-state index contributed by atoms with van der Waals surface area (Å²) in [6, 6.07) is 14.9. The van der Waals surface area contributed by atoms with Crippen LogP contribution in [0.4, 0.5) is 0 Å². The fourth-order valence-corrected chi connectivity index (χ4v) is 5.03. The summed E-state index contributed by atoms with van der Waals surface area (Å²) in [7, 11) is 0. The van der Waals surface area contributed by atoms with E-state index in [-0.39, 0.29) is 18.4 Å². The van der Waals surface area contributed by atoms with Crippen molar-refractivity contribution >= 4 is 5.97 Å². The Kier molecular flexibility index (Phi) is 16.1. The average Bonchev–Trinajstić information content (AvgIpc) is 3.01. The van der Waals surface area contributed by atoms with E-state index in [1.807, 2.05) is 50.2 Å².